The summed E-state index contributed by atoms with van der Waals surface area (Å²) in [5.41, 5.74) is 0. The Kier molecular flexibility index (Phi) is 59.9. The molecule has 6 nitrogen and oxygen atoms in total. The molecular formula is C65H127NO5. The SMILES string of the molecule is CCCCCCCCCCCCCCCCCCCCCC(O)C(CO)NC(=O)CCCCCCCCC/C=C\CCCCCCCCOC(=O)CCCCCCCCCCCCCCCCCCCC. The highest BCUT2D eigenvalue weighted by atomic mass is 16.5. The Balaban J connectivity index is 3.42. The first-order valence-electron chi connectivity index (χ1n) is 32.4. The van der Waals surface area contributed by atoms with E-state index in [0.29, 0.717) is 25.9 Å². The molecule has 0 aliphatic rings. The average molecular weight is 1000 g/mol. The van der Waals surface area contributed by atoms with Crippen LogP contribution in [0, 0.1) is 0 Å². The second-order valence-corrected chi connectivity index (χ2v) is 22.5. The zero-order valence-electron chi connectivity index (χ0n) is 48.2. The van der Waals surface area contributed by atoms with Gasteiger partial charge < -0.3 is 20.3 Å². The predicted molar refractivity (Wildman–Crippen MR) is 310 cm³/mol. The summed E-state index contributed by atoms with van der Waals surface area (Å²) in [6.45, 7) is 4.97. The fraction of sp³-hybridized carbons (Fsp3) is 0.938. The van der Waals surface area contributed by atoms with Gasteiger partial charge in [0.25, 0.3) is 0 Å². The smallest absolute Gasteiger partial charge is 0.305 e. The standard InChI is InChI=1S/C65H127NO5/c1-3-5-7-9-11-13-15-17-19-21-23-25-29-33-37-41-45-49-53-57-63(68)62(61-67)66-64(69)58-54-50-46-42-38-34-30-26-24-28-32-36-40-44-48-52-56-60-71-65(70)59-55-51-47-43-39-35-31-27-22-20-18-16-14-12-10-8-6-4-2/h24,28,62-63,67-68H,3-23,25-27,29-61H2,1-2H3,(H,66,69)/b28-24-. The summed E-state index contributed by atoms with van der Waals surface area (Å²) in [6, 6.07) is -0.550. The molecule has 0 aromatic carbocycles. The van der Waals surface area contributed by atoms with E-state index in [1.54, 1.807) is 0 Å². The number of carbonyl (C=O) groups is 2. The topological polar surface area (TPSA) is 95.9 Å². The van der Waals surface area contributed by atoms with Gasteiger partial charge in [-0.05, 0) is 51.4 Å². The van der Waals surface area contributed by atoms with Gasteiger partial charge in [0.1, 0.15) is 0 Å². The molecule has 1 amide bonds. The van der Waals surface area contributed by atoms with Gasteiger partial charge in [0.2, 0.25) is 5.91 Å². The van der Waals surface area contributed by atoms with E-state index in [2.05, 4.69) is 31.3 Å². The van der Waals surface area contributed by atoms with Crippen molar-refractivity contribution in [2.75, 3.05) is 13.2 Å². The molecule has 6 heteroatoms. The van der Waals surface area contributed by atoms with E-state index in [0.717, 1.165) is 51.4 Å². The van der Waals surface area contributed by atoms with Crippen LogP contribution in [0.25, 0.3) is 0 Å². The molecule has 0 aliphatic carbocycles. The average Bonchev–Trinajstić information content (AvgIpc) is 3.37. The second-order valence-electron chi connectivity index (χ2n) is 22.5. The number of allylic oxidation sites excluding steroid dienone is 2. The third-order valence-electron chi connectivity index (χ3n) is 15.3. The molecule has 0 aromatic rings. The van der Waals surface area contributed by atoms with Gasteiger partial charge in [-0.1, -0.05) is 315 Å². The molecule has 0 aliphatic heterocycles. The number of aliphatic hydroxyl groups is 2. The van der Waals surface area contributed by atoms with E-state index in [-0.39, 0.29) is 18.5 Å². The Bertz CT molecular complexity index is 1060. The number of carbonyl (C=O) groups excluding carboxylic acids is 2. The summed E-state index contributed by atoms with van der Waals surface area (Å²) in [6.07, 6.45) is 73.7. The molecule has 422 valence electrons. The summed E-state index contributed by atoms with van der Waals surface area (Å²) < 4.78 is 5.49. The highest BCUT2D eigenvalue weighted by molar-refractivity contribution is 5.76. The largest absolute Gasteiger partial charge is 0.466 e. The zero-order valence-corrected chi connectivity index (χ0v) is 48.2. The summed E-state index contributed by atoms with van der Waals surface area (Å²) >= 11 is 0. The van der Waals surface area contributed by atoms with Gasteiger partial charge in [-0.2, -0.15) is 0 Å². The fourth-order valence-electron chi connectivity index (χ4n) is 10.3. The molecular weight excluding hydrogens is 875 g/mol. The Morgan fingerprint density at radius 1 is 0.380 bits per heavy atom. The summed E-state index contributed by atoms with van der Waals surface area (Å²) in [5.74, 6) is -0.0394. The minimum atomic E-state index is -0.672. The highest BCUT2D eigenvalue weighted by Gasteiger charge is 2.20. The van der Waals surface area contributed by atoms with Crippen molar-refractivity contribution in [3.8, 4) is 0 Å². The summed E-state index contributed by atoms with van der Waals surface area (Å²) in [5, 5.41) is 23.4. The first-order valence-corrected chi connectivity index (χ1v) is 32.4. The Morgan fingerprint density at radius 3 is 1.00 bits per heavy atom. The molecule has 0 saturated carbocycles. The van der Waals surface area contributed by atoms with Crippen LogP contribution in [0.3, 0.4) is 0 Å². The highest BCUT2D eigenvalue weighted by Crippen LogP contribution is 2.18. The maximum atomic E-state index is 12.5. The van der Waals surface area contributed by atoms with Crippen LogP contribution in [-0.4, -0.2) is 47.4 Å². The molecule has 0 heterocycles. The lowest BCUT2D eigenvalue weighted by molar-refractivity contribution is -0.143. The van der Waals surface area contributed by atoms with Crippen molar-refractivity contribution in [1.82, 2.24) is 5.32 Å². The summed E-state index contributed by atoms with van der Waals surface area (Å²) in [4.78, 5) is 24.6. The fourth-order valence-corrected chi connectivity index (χ4v) is 10.3. The molecule has 0 rings (SSSR count). The lowest BCUT2D eigenvalue weighted by Crippen LogP contribution is -2.45. The monoisotopic (exact) mass is 1000 g/mol. The van der Waals surface area contributed by atoms with Crippen molar-refractivity contribution < 1.29 is 24.5 Å². The molecule has 0 aromatic heterocycles. The number of nitrogens with one attached hydrogen (secondary N) is 1. The number of ether oxygens (including phenoxy) is 1. The molecule has 0 radical (unpaired) electrons. The Morgan fingerprint density at radius 2 is 0.662 bits per heavy atom. The van der Waals surface area contributed by atoms with Gasteiger partial charge in [0.05, 0.1) is 25.4 Å². The van der Waals surface area contributed by atoms with E-state index in [1.807, 2.05) is 0 Å². The lowest BCUT2D eigenvalue weighted by Gasteiger charge is -2.22. The van der Waals surface area contributed by atoms with E-state index in [9.17, 15) is 19.8 Å². The van der Waals surface area contributed by atoms with Crippen LogP contribution in [-0.2, 0) is 14.3 Å². The van der Waals surface area contributed by atoms with E-state index >= 15 is 0 Å². The molecule has 71 heavy (non-hydrogen) atoms. The van der Waals surface area contributed by atoms with Crippen molar-refractivity contribution in [2.45, 2.75) is 379 Å². The van der Waals surface area contributed by atoms with E-state index in [1.165, 1.54) is 283 Å². The number of unbranched alkanes of at least 4 members (excludes halogenated alkanes) is 48. The second kappa shape index (κ2) is 61.1. The van der Waals surface area contributed by atoms with Crippen LogP contribution in [0.5, 0.6) is 0 Å². The van der Waals surface area contributed by atoms with Crippen LogP contribution in [0.2, 0.25) is 0 Å². The van der Waals surface area contributed by atoms with Gasteiger partial charge in [0, 0.05) is 12.8 Å². The van der Waals surface area contributed by atoms with Crippen molar-refractivity contribution >= 4 is 11.9 Å². The van der Waals surface area contributed by atoms with Crippen LogP contribution >= 0.6 is 0 Å². The van der Waals surface area contributed by atoms with Crippen molar-refractivity contribution in [1.29, 1.82) is 0 Å². The molecule has 0 fully saturated rings. The van der Waals surface area contributed by atoms with Crippen molar-refractivity contribution in [3.63, 3.8) is 0 Å². The lowest BCUT2D eigenvalue weighted by atomic mass is 10.0. The number of amides is 1. The Hall–Kier alpha value is -1.40. The molecule has 2 unspecified atom stereocenters. The van der Waals surface area contributed by atoms with Crippen LogP contribution in [0.4, 0.5) is 0 Å². The number of rotatable bonds is 61. The normalized spacial score (nSPS) is 12.6. The molecule has 2 atom stereocenters. The van der Waals surface area contributed by atoms with Gasteiger partial charge >= 0.3 is 5.97 Å². The minimum absolute atomic E-state index is 0.00369. The van der Waals surface area contributed by atoms with Crippen LogP contribution in [0.15, 0.2) is 12.2 Å². The van der Waals surface area contributed by atoms with Crippen molar-refractivity contribution in [3.05, 3.63) is 12.2 Å². The number of esters is 1. The first-order chi connectivity index (χ1) is 35.0. The molecule has 0 bridgehead atoms. The molecule has 0 spiro atoms. The van der Waals surface area contributed by atoms with Gasteiger partial charge in [0.15, 0.2) is 0 Å². The molecule has 3 N–H and O–H groups in total. The Labute approximate surface area is 444 Å². The summed E-state index contributed by atoms with van der Waals surface area (Å²) in [7, 11) is 0. The maximum absolute atomic E-state index is 12.5. The van der Waals surface area contributed by atoms with Crippen LogP contribution in [0.1, 0.15) is 367 Å². The van der Waals surface area contributed by atoms with Crippen molar-refractivity contribution in [2.24, 2.45) is 0 Å². The third kappa shape index (κ3) is 57.7. The van der Waals surface area contributed by atoms with Gasteiger partial charge in [-0.25, -0.2) is 0 Å². The number of aliphatic hydroxyl groups excluding tert-OH is 2. The van der Waals surface area contributed by atoms with E-state index < -0.39 is 12.1 Å². The number of hydrogen-bond acceptors (Lipinski definition) is 5. The van der Waals surface area contributed by atoms with E-state index in [4.69, 9.17) is 4.74 Å². The first kappa shape index (κ1) is 69.6. The van der Waals surface area contributed by atoms with Crippen LogP contribution < -0.4 is 5.32 Å². The predicted octanol–water partition coefficient (Wildman–Crippen LogP) is 20.4. The van der Waals surface area contributed by atoms with Gasteiger partial charge in [-0.15, -0.1) is 0 Å². The number of hydrogen-bond donors (Lipinski definition) is 3. The quantitative estimate of drug-likeness (QED) is 0.0320. The zero-order chi connectivity index (χ0) is 51.4. The molecule has 0 saturated heterocycles. The van der Waals surface area contributed by atoms with Gasteiger partial charge in [-0.3, -0.25) is 9.59 Å². The third-order valence-corrected chi connectivity index (χ3v) is 15.3. The maximum Gasteiger partial charge on any atom is 0.305 e. The minimum Gasteiger partial charge on any atom is -0.466 e.